The van der Waals surface area contributed by atoms with Crippen molar-refractivity contribution in [3.8, 4) is 0 Å². The van der Waals surface area contributed by atoms with E-state index in [4.69, 9.17) is 0 Å². The van der Waals surface area contributed by atoms with Gasteiger partial charge in [-0.2, -0.15) is 0 Å². The van der Waals surface area contributed by atoms with Crippen LogP contribution in [-0.2, 0) is 6.42 Å². The Balaban J connectivity index is 1.46. The van der Waals surface area contributed by atoms with Gasteiger partial charge < -0.3 is 4.90 Å². The number of benzene rings is 2. The van der Waals surface area contributed by atoms with Crippen LogP contribution >= 0.6 is 11.3 Å². The molecule has 7 heteroatoms. The first-order valence-electron chi connectivity index (χ1n) is 9.20. The zero-order chi connectivity index (χ0) is 19.5. The van der Waals surface area contributed by atoms with Crippen LogP contribution in [0.2, 0.25) is 0 Å². The standard InChI is InChI=1S/C21H19F2N3OS/c22-16-8-9-17(18(23)12-16)21(27)26-10-4-7-15(13-26)20-25-24-19(28-20)11-14-5-2-1-3-6-14/h1-3,5-6,8-9,12,15H,4,7,10-11,13H2. The second-order valence-corrected chi connectivity index (χ2v) is 8.00. The number of carbonyl (C=O) groups excluding carboxylic acids is 1. The molecule has 3 aromatic rings. The van der Waals surface area contributed by atoms with Gasteiger partial charge in [0.1, 0.15) is 21.6 Å². The minimum Gasteiger partial charge on any atom is -0.338 e. The molecule has 28 heavy (non-hydrogen) atoms. The zero-order valence-corrected chi connectivity index (χ0v) is 16.0. The Kier molecular flexibility index (Phi) is 5.43. The van der Waals surface area contributed by atoms with Crippen LogP contribution in [0.3, 0.4) is 0 Å². The minimum absolute atomic E-state index is 0.0863. The van der Waals surface area contributed by atoms with Crippen molar-refractivity contribution in [1.29, 1.82) is 0 Å². The van der Waals surface area contributed by atoms with Crippen molar-refractivity contribution >= 4 is 17.2 Å². The summed E-state index contributed by atoms with van der Waals surface area (Å²) in [5.74, 6) is -1.84. The third-order valence-electron chi connectivity index (χ3n) is 4.90. The van der Waals surface area contributed by atoms with Gasteiger partial charge in [0.25, 0.3) is 5.91 Å². The highest BCUT2D eigenvalue weighted by Gasteiger charge is 2.29. The molecule has 1 saturated heterocycles. The third kappa shape index (κ3) is 4.09. The van der Waals surface area contributed by atoms with Crippen LogP contribution in [0.5, 0.6) is 0 Å². The topological polar surface area (TPSA) is 46.1 Å². The highest BCUT2D eigenvalue weighted by atomic mass is 32.1. The molecule has 0 radical (unpaired) electrons. The molecule has 0 aliphatic carbocycles. The molecule has 1 unspecified atom stereocenters. The van der Waals surface area contributed by atoms with E-state index < -0.39 is 17.5 Å². The first kappa shape index (κ1) is 18.7. The van der Waals surface area contributed by atoms with Crippen LogP contribution in [0.25, 0.3) is 0 Å². The number of likely N-dealkylation sites (tertiary alicyclic amines) is 1. The maximum Gasteiger partial charge on any atom is 0.256 e. The smallest absolute Gasteiger partial charge is 0.256 e. The molecule has 0 N–H and O–H groups in total. The van der Waals surface area contributed by atoms with E-state index in [2.05, 4.69) is 22.3 Å². The van der Waals surface area contributed by atoms with Crippen molar-refractivity contribution in [3.05, 3.63) is 81.3 Å². The maximum atomic E-state index is 14.0. The molecule has 2 heterocycles. The van der Waals surface area contributed by atoms with Gasteiger partial charge in [-0.3, -0.25) is 4.79 Å². The predicted octanol–water partition coefficient (Wildman–Crippen LogP) is 4.43. The molecule has 144 valence electrons. The quantitative estimate of drug-likeness (QED) is 0.652. The Morgan fingerprint density at radius 1 is 1.14 bits per heavy atom. The van der Waals surface area contributed by atoms with E-state index in [1.54, 1.807) is 16.2 Å². The van der Waals surface area contributed by atoms with Crippen LogP contribution in [0.15, 0.2) is 48.5 Å². The monoisotopic (exact) mass is 399 g/mol. The van der Waals surface area contributed by atoms with Crippen LogP contribution in [0.1, 0.15) is 44.7 Å². The summed E-state index contributed by atoms with van der Waals surface area (Å²) in [6.45, 7) is 1.03. The number of piperidine rings is 1. The van der Waals surface area contributed by atoms with E-state index in [0.717, 1.165) is 41.4 Å². The summed E-state index contributed by atoms with van der Waals surface area (Å²) in [5.41, 5.74) is 1.08. The van der Waals surface area contributed by atoms with E-state index in [1.807, 2.05) is 18.2 Å². The number of nitrogens with zero attached hydrogens (tertiary/aromatic N) is 3. The Labute approximate surface area is 165 Å². The van der Waals surface area contributed by atoms with Gasteiger partial charge in [0.05, 0.1) is 5.56 Å². The Bertz CT molecular complexity index is 977. The van der Waals surface area contributed by atoms with Gasteiger partial charge in [-0.25, -0.2) is 8.78 Å². The van der Waals surface area contributed by atoms with Gasteiger partial charge in [-0.05, 0) is 30.5 Å². The van der Waals surface area contributed by atoms with Crippen molar-refractivity contribution in [2.45, 2.75) is 25.2 Å². The predicted molar refractivity (Wildman–Crippen MR) is 103 cm³/mol. The molecule has 1 amide bonds. The lowest BCUT2D eigenvalue weighted by Crippen LogP contribution is -2.39. The van der Waals surface area contributed by atoms with Crippen molar-refractivity contribution in [1.82, 2.24) is 15.1 Å². The number of rotatable bonds is 4. The van der Waals surface area contributed by atoms with Gasteiger partial charge in [0.15, 0.2) is 0 Å². The normalized spacial score (nSPS) is 16.9. The van der Waals surface area contributed by atoms with Crippen molar-refractivity contribution < 1.29 is 13.6 Å². The molecular formula is C21H19F2N3OS. The summed E-state index contributed by atoms with van der Waals surface area (Å²) in [7, 11) is 0. The Morgan fingerprint density at radius 3 is 2.75 bits per heavy atom. The number of halogens is 2. The first-order chi connectivity index (χ1) is 13.6. The lowest BCUT2D eigenvalue weighted by atomic mass is 9.98. The fourth-order valence-electron chi connectivity index (χ4n) is 3.47. The van der Waals surface area contributed by atoms with Gasteiger partial charge in [-0.1, -0.05) is 30.3 Å². The van der Waals surface area contributed by atoms with Gasteiger partial charge in [0, 0.05) is 31.5 Å². The van der Waals surface area contributed by atoms with Gasteiger partial charge >= 0.3 is 0 Å². The fraction of sp³-hybridized carbons (Fsp3) is 0.286. The number of hydrogen-bond donors (Lipinski definition) is 0. The fourth-order valence-corrected chi connectivity index (χ4v) is 4.47. The Hall–Kier alpha value is -2.67. The molecule has 1 atom stereocenters. The summed E-state index contributed by atoms with van der Waals surface area (Å²) in [5, 5.41) is 10.5. The van der Waals surface area contributed by atoms with Crippen molar-refractivity contribution in [3.63, 3.8) is 0 Å². The molecule has 1 aliphatic heterocycles. The number of amides is 1. The molecule has 4 rings (SSSR count). The number of hydrogen-bond acceptors (Lipinski definition) is 4. The zero-order valence-electron chi connectivity index (χ0n) is 15.1. The molecule has 0 bridgehead atoms. The molecule has 4 nitrogen and oxygen atoms in total. The largest absolute Gasteiger partial charge is 0.338 e. The van der Waals surface area contributed by atoms with Crippen LogP contribution in [0, 0.1) is 11.6 Å². The molecule has 0 saturated carbocycles. The molecule has 0 spiro atoms. The summed E-state index contributed by atoms with van der Waals surface area (Å²) in [4.78, 5) is 14.3. The average Bonchev–Trinajstić information content (AvgIpc) is 3.17. The lowest BCUT2D eigenvalue weighted by Gasteiger charge is -2.31. The minimum atomic E-state index is -0.826. The van der Waals surface area contributed by atoms with E-state index in [-0.39, 0.29) is 11.5 Å². The summed E-state index contributed by atoms with van der Waals surface area (Å²) in [6.07, 6.45) is 2.46. The molecule has 2 aromatic carbocycles. The lowest BCUT2D eigenvalue weighted by molar-refractivity contribution is 0.0702. The molecule has 1 aliphatic rings. The van der Waals surface area contributed by atoms with Crippen molar-refractivity contribution in [2.75, 3.05) is 13.1 Å². The average molecular weight is 399 g/mol. The molecular weight excluding hydrogens is 380 g/mol. The van der Waals surface area contributed by atoms with Crippen LogP contribution < -0.4 is 0 Å². The molecule has 1 fully saturated rings. The summed E-state index contributed by atoms with van der Waals surface area (Å²) >= 11 is 1.57. The SMILES string of the molecule is O=C(c1ccc(F)cc1F)N1CCCC(c2nnc(Cc3ccccc3)s2)C1. The number of aromatic nitrogens is 2. The van der Waals surface area contributed by atoms with Gasteiger partial charge in [0.2, 0.25) is 0 Å². The van der Waals surface area contributed by atoms with Gasteiger partial charge in [-0.15, -0.1) is 21.5 Å². The van der Waals surface area contributed by atoms with E-state index in [9.17, 15) is 13.6 Å². The highest BCUT2D eigenvalue weighted by Crippen LogP contribution is 2.30. The number of carbonyl (C=O) groups is 1. The summed E-state index contributed by atoms with van der Waals surface area (Å²) < 4.78 is 27.1. The Morgan fingerprint density at radius 2 is 1.96 bits per heavy atom. The second kappa shape index (κ2) is 8.14. The second-order valence-electron chi connectivity index (χ2n) is 6.91. The molecule has 1 aromatic heterocycles. The van der Waals surface area contributed by atoms with E-state index in [0.29, 0.717) is 13.1 Å². The van der Waals surface area contributed by atoms with Crippen LogP contribution in [0.4, 0.5) is 8.78 Å². The van der Waals surface area contributed by atoms with E-state index >= 15 is 0 Å². The van der Waals surface area contributed by atoms with E-state index in [1.165, 1.54) is 11.6 Å². The maximum absolute atomic E-state index is 14.0. The first-order valence-corrected chi connectivity index (χ1v) is 10.0. The third-order valence-corrected chi connectivity index (χ3v) is 5.99. The van der Waals surface area contributed by atoms with Crippen molar-refractivity contribution in [2.24, 2.45) is 0 Å². The van der Waals surface area contributed by atoms with Crippen LogP contribution in [-0.4, -0.2) is 34.1 Å². The summed E-state index contributed by atoms with van der Waals surface area (Å²) in [6, 6.07) is 13.1. The highest BCUT2D eigenvalue weighted by molar-refractivity contribution is 7.11.